The Morgan fingerprint density at radius 2 is 1.35 bits per heavy atom. The summed E-state index contributed by atoms with van der Waals surface area (Å²) >= 11 is 0. The molecule has 5 heteroatoms. The van der Waals surface area contributed by atoms with Gasteiger partial charge in [-0.1, -0.05) is 18.2 Å². The lowest BCUT2D eigenvalue weighted by Crippen LogP contribution is -2.39. The van der Waals surface area contributed by atoms with Gasteiger partial charge >= 0.3 is 5.52 Å². The first-order chi connectivity index (χ1) is 8.20. The molecule has 0 bridgehead atoms. The second-order valence-corrected chi connectivity index (χ2v) is 3.79. The molecule has 0 unspecified atom stereocenters. The molecule has 0 amide bonds. The molecule has 0 aliphatic rings. The molecule has 3 aromatic rings. The number of para-hydroxylation sites is 3. The van der Waals surface area contributed by atoms with Gasteiger partial charge in [-0.15, -0.1) is 0 Å². The molecule has 17 heavy (non-hydrogen) atoms. The lowest BCUT2D eigenvalue weighted by Gasteiger charge is -2.08. The number of nitrogens with zero attached hydrogens (tertiary/aromatic N) is 2. The van der Waals surface area contributed by atoms with Crippen LogP contribution in [0, 0.1) is 10.4 Å². The van der Waals surface area contributed by atoms with E-state index in [1.165, 1.54) is 0 Å². The number of nitrogen functional groups attached to an aromatic ring is 1. The summed E-state index contributed by atoms with van der Waals surface area (Å²) in [5.41, 5.74) is 7.18. The van der Waals surface area contributed by atoms with Crippen LogP contribution in [0.2, 0.25) is 0 Å². The first-order valence-corrected chi connectivity index (χ1v) is 5.12. The van der Waals surface area contributed by atoms with Gasteiger partial charge < -0.3 is 16.1 Å². The van der Waals surface area contributed by atoms with Crippen LogP contribution in [0.25, 0.3) is 22.1 Å². The number of benzene rings is 2. The number of nitrogens with two attached hydrogens (primary N) is 1. The average molecular weight is 227 g/mol. The molecular weight excluding hydrogens is 218 g/mol. The van der Waals surface area contributed by atoms with Crippen LogP contribution >= 0.6 is 0 Å². The Kier molecular flexibility index (Phi) is 1.82. The van der Waals surface area contributed by atoms with Gasteiger partial charge in [-0.05, 0) is 6.07 Å². The highest BCUT2D eigenvalue weighted by atomic mass is 16.5. The summed E-state index contributed by atoms with van der Waals surface area (Å²) < 4.78 is 1.43. The van der Waals surface area contributed by atoms with E-state index in [-0.39, 0.29) is 11.0 Å². The van der Waals surface area contributed by atoms with Gasteiger partial charge in [-0.2, -0.15) is 9.46 Å². The van der Waals surface area contributed by atoms with Crippen LogP contribution < -0.4 is 15.2 Å². The smallest absolute Gasteiger partial charge is 0.313 e. The third-order valence-electron chi connectivity index (χ3n) is 2.79. The average Bonchev–Trinajstić information content (AvgIpc) is 2.36. The Labute approximate surface area is 96.5 Å². The molecule has 3 rings (SSSR count). The molecule has 0 aliphatic carbocycles. The van der Waals surface area contributed by atoms with E-state index in [2.05, 4.69) is 0 Å². The summed E-state index contributed by atoms with van der Waals surface area (Å²) in [5.74, 6) is 0. The highest BCUT2D eigenvalue weighted by molar-refractivity contribution is 5.84. The molecular formula is C12H9N3O2. The number of fused-ring (bicyclic) bond motifs is 2. The standard InChI is InChI=1S/C12H9N3O2/c13-8-4-3-7-11-12(8)15(17)10-6-2-1-5-9(10)14(11)16/h1-7H,13H2. The number of aromatic nitrogens is 2. The summed E-state index contributed by atoms with van der Waals surface area (Å²) in [6.07, 6.45) is 0. The number of rotatable bonds is 0. The van der Waals surface area contributed by atoms with Crippen molar-refractivity contribution in [2.75, 3.05) is 5.73 Å². The Balaban J connectivity index is 2.69. The molecule has 0 atom stereocenters. The molecule has 1 heterocycles. The molecule has 0 saturated carbocycles. The molecule has 5 nitrogen and oxygen atoms in total. The minimum Gasteiger partial charge on any atom is -0.617 e. The molecule has 0 radical (unpaired) electrons. The van der Waals surface area contributed by atoms with Gasteiger partial charge in [0.05, 0.1) is 0 Å². The summed E-state index contributed by atoms with van der Waals surface area (Å²) in [5, 5.41) is 24.2. The van der Waals surface area contributed by atoms with Gasteiger partial charge in [0.15, 0.2) is 0 Å². The Bertz CT molecular complexity index is 740. The molecule has 0 aliphatic heterocycles. The monoisotopic (exact) mass is 227 g/mol. The first kappa shape index (κ1) is 9.65. The number of hydrogen-bond donors (Lipinski definition) is 1. The zero-order chi connectivity index (χ0) is 12.0. The normalized spacial score (nSPS) is 11.1. The largest absolute Gasteiger partial charge is 0.617 e. The highest BCUT2D eigenvalue weighted by Gasteiger charge is 2.22. The summed E-state index contributed by atoms with van der Waals surface area (Å²) in [6.45, 7) is 0. The molecule has 84 valence electrons. The van der Waals surface area contributed by atoms with Crippen LogP contribution in [0.4, 0.5) is 5.69 Å². The Morgan fingerprint density at radius 1 is 0.765 bits per heavy atom. The molecule has 1 aromatic heterocycles. The molecule has 2 aromatic carbocycles. The third-order valence-corrected chi connectivity index (χ3v) is 2.79. The maximum absolute atomic E-state index is 12.1. The summed E-state index contributed by atoms with van der Waals surface area (Å²) in [7, 11) is 0. The van der Waals surface area contributed by atoms with Gasteiger partial charge in [-0.25, -0.2) is 0 Å². The van der Waals surface area contributed by atoms with Crippen LogP contribution in [0.5, 0.6) is 0 Å². The van der Waals surface area contributed by atoms with Crippen molar-refractivity contribution in [3.8, 4) is 0 Å². The van der Waals surface area contributed by atoms with Crippen molar-refractivity contribution in [2.24, 2.45) is 0 Å². The fourth-order valence-electron chi connectivity index (χ4n) is 1.99. The quantitative estimate of drug-likeness (QED) is 0.267. The van der Waals surface area contributed by atoms with E-state index in [4.69, 9.17) is 5.73 Å². The van der Waals surface area contributed by atoms with Crippen LogP contribution in [-0.2, 0) is 0 Å². The topological polar surface area (TPSA) is 79.9 Å². The molecule has 0 saturated heterocycles. The van der Waals surface area contributed by atoms with E-state index in [1.807, 2.05) is 0 Å². The van der Waals surface area contributed by atoms with Gasteiger partial charge in [-0.3, -0.25) is 0 Å². The molecule has 0 fully saturated rings. The van der Waals surface area contributed by atoms with E-state index in [0.717, 1.165) is 4.73 Å². The van der Waals surface area contributed by atoms with Crippen LogP contribution in [0.3, 0.4) is 0 Å². The zero-order valence-electron chi connectivity index (χ0n) is 8.83. The fourth-order valence-corrected chi connectivity index (χ4v) is 1.99. The van der Waals surface area contributed by atoms with Gasteiger partial charge in [0, 0.05) is 18.2 Å². The predicted octanol–water partition coefficient (Wildman–Crippen LogP) is 0.842. The number of anilines is 1. The van der Waals surface area contributed by atoms with Crippen molar-refractivity contribution in [3.05, 3.63) is 52.9 Å². The summed E-state index contributed by atoms with van der Waals surface area (Å²) in [6, 6.07) is 11.5. The van der Waals surface area contributed by atoms with E-state index in [9.17, 15) is 10.4 Å². The van der Waals surface area contributed by atoms with Gasteiger partial charge in [0.25, 0.3) is 16.6 Å². The van der Waals surface area contributed by atoms with Crippen molar-refractivity contribution in [1.29, 1.82) is 0 Å². The Morgan fingerprint density at radius 3 is 2.06 bits per heavy atom. The second kappa shape index (κ2) is 3.21. The predicted molar refractivity (Wildman–Crippen MR) is 63.8 cm³/mol. The minimum absolute atomic E-state index is 0.209. The summed E-state index contributed by atoms with van der Waals surface area (Å²) in [4.78, 5) is 0. The van der Waals surface area contributed by atoms with Crippen molar-refractivity contribution in [1.82, 2.24) is 0 Å². The minimum atomic E-state index is 0.209. The lowest BCUT2D eigenvalue weighted by molar-refractivity contribution is -0.590. The Hall–Kier alpha value is -2.56. The van der Waals surface area contributed by atoms with E-state index in [1.54, 1.807) is 42.5 Å². The first-order valence-electron chi connectivity index (χ1n) is 5.12. The van der Waals surface area contributed by atoms with Gasteiger partial charge in [0.1, 0.15) is 5.69 Å². The molecule has 2 N–H and O–H groups in total. The van der Waals surface area contributed by atoms with Crippen molar-refractivity contribution in [2.45, 2.75) is 0 Å². The fraction of sp³-hybridized carbons (Fsp3) is 0. The third kappa shape index (κ3) is 1.19. The van der Waals surface area contributed by atoms with Crippen molar-refractivity contribution in [3.63, 3.8) is 0 Å². The maximum atomic E-state index is 12.1. The van der Waals surface area contributed by atoms with E-state index in [0.29, 0.717) is 21.5 Å². The van der Waals surface area contributed by atoms with E-state index >= 15 is 0 Å². The van der Waals surface area contributed by atoms with E-state index < -0.39 is 0 Å². The number of hydrogen-bond acceptors (Lipinski definition) is 3. The zero-order valence-corrected chi connectivity index (χ0v) is 8.83. The highest BCUT2D eigenvalue weighted by Crippen LogP contribution is 2.17. The van der Waals surface area contributed by atoms with Crippen LogP contribution in [0.1, 0.15) is 0 Å². The second-order valence-electron chi connectivity index (χ2n) is 3.79. The maximum Gasteiger partial charge on any atom is 0.313 e. The SMILES string of the molecule is Nc1cccc2c1[n+]([O-])c1ccccc1[n+]2[O-]. The van der Waals surface area contributed by atoms with Crippen molar-refractivity contribution < 1.29 is 9.46 Å². The van der Waals surface area contributed by atoms with Crippen LogP contribution in [-0.4, -0.2) is 0 Å². The van der Waals surface area contributed by atoms with Gasteiger partial charge in [0.2, 0.25) is 0 Å². The van der Waals surface area contributed by atoms with Crippen LogP contribution in [0.15, 0.2) is 42.5 Å². The molecule has 0 spiro atoms. The lowest BCUT2D eigenvalue weighted by atomic mass is 10.2. The van der Waals surface area contributed by atoms with Crippen molar-refractivity contribution >= 4 is 27.8 Å².